The highest BCUT2D eigenvalue weighted by Gasteiger charge is 2.07. The van der Waals surface area contributed by atoms with Gasteiger partial charge in [0.15, 0.2) is 0 Å². The number of nitrogens with zero attached hydrogens (tertiary/aromatic N) is 1. The molecule has 1 aromatic carbocycles. The molecule has 0 aliphatic heterocycles. The fourth-order valence-electron chi connectivity index (χ4n) is 1.47. The minimum Gasteiger partial charge on any atom is -0.437 e. The molecule has 1 heterocycles. The standard InChI is InChI=1S/C13H12Cl2N2O/c1-8-2-3-12(10(14)4-8)18-13-5-9(6-16)11(15)7-17-13/h2-5,7H,6,16H2,1H3. The van der Waals surface area contributed by atoms with Gasteiger partial charge < -0.3 is 10.5 Å². The summed E-state index contributed by atoms with van der Waals surface area (Å²) in [6.07, 6.45) is 1.52. The first-order chi connectivity index (χ1) is 8.60. The van der Waals surface area contributed by atoms with Gasteiger partial charge in [0.25, 0.3) is 0 Å². The Balaban J connectivity index is 2.28. The maximum Gasteiger partial charge on any atom is 0.219 e. The van der Waals surface area contributed by atoms with E-state index in [-0.39, 0.29) is 0 Å². The van der Waals surface area contributed by atoms with Gasteiger partial charge in [0.1, 0.15) is 5.75 Å². The Morgan fingerprint density at radius 3 is 2.67 bits per heavy atom. The molecule has 18 heavy (non-hydrogen) atoms. The fourth-order valence-corrected chi connectivity index (χ4v) is 1.93. The van der Waals surface area contributed by atoms with E-state index >= 15 is 0 Å². The lowest BCUT2D eigenvalue weighted by Gasteiger charge is -2.09. The Hall–Kier alpha value is -1.29. The fraction of sp³-hybridized carbons (Fsp3) is 0.154. The highest BCUT2D eigenvalue weighted by atomic mass is 35.5. The number of aryl methyl sites for hydroxylation is 1. The lowest BCUT2D eigenvalue weighted by molar-refractivity contribution is 0.462. The summed E-state index contributed by atoms with van der Waals surface area (Å²) < 4.78 is 5.60. The van der Waals surface area contributed by atoms with E-state index in [0.29, 0.717) is 28.2 Å². The van der Waals surface area contributed by atoms with Crippen LogP contribution in [-0.4, -0.2) is 4.98 Å². The molecule has 0 bridgehead atoms. The summed E-state index contributed by atoms with van der Waals surface area (Å²) in [4.78, 5) is 4.08. The number of hydrogen-bond donors (Lipinski definition) is 1. The Morgan fingerprint density at radius 1 is 1.22 bits per heavy atom. The molecule has 2 rings (SSSR count). The average molecular weight is 283 g/mol. The zero-order valence-electron chi connectivity index (χ0n) is 9.78. The van der Waals surface area contributed by atoms with E-state index in [4.69, 9.17) is 33.7 Å². The van der Waals surface area contributed by atoms with Gasteiger partial charge in [-0.15, -0.1) is 0 Å². The van der Waals surface area contributed by atoms with E-state index in [9.17, 15) is 0 Å². The first kappa shape index (κ1) is 13.1. The molecular weight excluding hydrogens is 271 g/mol. The predicted octanol–water partition coefficient (Wildman–Crippen LogP) is 3.95. The smallest absolute Gasteiger partial charge is 0.219 e. The van der Waals surface area contributed by atoms with Gasteiger partial charge in [-0.2, -0.15) is 0 Å². The molecule has 0 atom stereocenters. The van der Waals surface area contributed by atoms with E-state index < -0.39 is 0 Å². The Kier molecular flexibility index (Phi) is 4.07. The molecule has 3 nitrogen and oxygen atoms in total. The van der Waals surface area contributed by atoms with Crippen LogP contribution in [0.3, 0.4) is 0 Å². The van der Waals surface area contributed by atoms with Gasteiger partial charge in [0.2, 0.25) is 5.88 Å². The van der Waals surface area contributed by atoms with Crippen LogP contribution in [0.1, 0.15) is 11.1 Å². The third-order valence-electron chi connectivity index (χ3n) is 2.43. The number of halogens is 2. The second-order valence-corrected chi connectivity index (χ2v) is 4.67. The molecule has 1 aromatic heterocycles. The second kappa shape index (κ2) is 5.57. The SMILES string of the molecule is Cc1ccc(Oc2cc(CN)c(Cl)cn2)c(Cl)c1. The van der Waals surface area contributed by atoms with Crippen LogP contribution in [0.4, 0.5) is 0 Å². The minimum atomic E-state index is 0.333. The first-order valence-corrected chi connectivity index (χ1v) is 6.14. The third kappa shape index (κ3) is 2.93. The third-order valence-corrected chi connectivity index (χ3v) is 3.07. The van der Waals surface area contributed by atoms with Gasteiger partial charge in [0, 0.05) is 18.8 Å². The molecule has 94 valence electrons. The summed E-state index contributed by atoms with van der Waals surface area (Å²) in [7, 11) is 0. The number of hydrogen-bond acceptors (Lipinski definition) is 3. The minimum absolute atomic E-state index is 0.333. The second-order valence-electron chi connectivity index (χ2n) is 3.85. The number of ether oxygens (including phenoxy) is 1. The van der Waals surface area contributed by atoms with Crippen molar-refractivity contribution >= 4 is 23.2 Å². The maximum atomic E-state index is 6.08. The van der Waals surface area contributed by atoms with E-state index in [1.54, 1.807) is 12.1 Å². The lowest BCUT2D eigenvalue weighted by Crippen LogP contribution is -1.99. The zero-order chi connectivity index (χ0) is 13.1. The topological polar surface area (TPSA) is 48.1 Å². The van der Waals surface area contributed by atoms with Crippen LogP contribution >= 0.6 is 23.2 Å². The Labute approximate surface area is 115 Å². The summed E-state index contributed by atoms with van der Waals surface area (Å²) in [5.41, 5.74) is 7.42. The van der Waals surface area contributed by atoms with Crippen molar-refractivity contribution in [2.75, 3.05) is 0 Å². The molecule has 0 amide bonds. The monoisotopic (exact) mass is 282 g/mol. The van der Waals surface area contributed by atoms with Crippen LogP contribution in [0.5, 0.6) is 11.6 Å². The summed E-state index contributed by atoms with van der Waals surface area (Å²) in [6, 6.07) is 7.26. The molecule has 0 saturated carbocycles. The Bertz CT molecular complexity index is 573. The molecule has 0 aliphatic carbocycles. The van der Waals surface area contributed by atoms with Crippen molar-refractivity contribution in [3.8, 4) is 11.6 Å². The number of pyridine rings is 1. The quantitative estimate of drug-likeness (QED) is 0.927. The number of aromatic nitrogens is 1. The van der Waals surface area contributed by atoms with Crippen molar-refractivity contribution in [3.05, 3.63) is 51.6 Å². The van der Waals surface area contributed by atoms with Crippen molar-refractivity contribution < 1.29 is 4.74 Å². The van der Waals surface area contributed by atoms with E-state index in [1.165, 1.54) is 6.20 Å². The van der Waals surface area contributed by atoms with Gasteiger partial charge >= 0.3 is 0 Å². The van der Waals surface area contributed by atoms with Gasteiger partial charge in [-0.1, -0.05) is 29.3 Å². The van der Waals surface area contributed by atoms with Crippen LogP contribution in [-0.2, 0) is 6.54 Å². The molecule has 0 aliphatic rings. The van der Waals surface area contributed by atoms with Crippen molar-refractivity contribution in [2.24, 2.45) is 5.73 Å². The molecule has 2 N–H and O–H groups in total. The summed E-state index contributed by atoms with van der Waals surface area (Å²) in [5, 5.41) is 1.07. The van der Waals surface area contributed by atoms with Gasteiger partial charge in [-0.3, -0.25) is 0 Å². The molecule has 2 aromatic rings. The normalized spacial score (nSPS) is 10.4. The van der Waals surface area contributed by atoms with Crippen molar-refractivity contribution in [2.45, 2.75) is 13.5 Å². The van der Waals surface area contributed by atoms with E-state index in [1.807, 2.05) is 19.1 Å². The summed E-state index contributed by atoms with van der Waals surface area (Å²) in [5.74, 6) is 0.977. The maximum absolute atomic E-state index is 6.08. The van der Waals surface area contributed by atoms with Crippen LogP contribution in [0.15, 0.2) is 30.5 Å². The highest BCUT2D eigenvalue weighted by Crippen LogP contribution is 2.30. The molecule has 0 saturated heterocycles. The molecule has 0 fully saturated rings. The first-order valence-electron chi connectivity index (χ1n) is 5.38. The van der Waals surface area contributed by atoms with Gasteiger partial charge in [-0.05, 0) is 30.2 Å². The van der Waals surface area contributed by atoms with Gasteiger partial charge in [-0.25, -0.2) is 4.98 Å². The largest absolute Gasteiger partial charge is 0.437 e. The molecule has 0 spiro atoms. The van der Waals surface area contributed by atoms with Gasteiger partial charge in [0.05, 0.1) is 10.0 Å². The van der Waals surface area contributed by atoms with Crippen molar-refractivity contribution in [1.82, 2.24) is 4.98 Å². The molecule has 0 unspecified atom stereocenters. The molecule has 5 heteroatoms. The molecule has 0 radical (unpaired) electrons. The average Bonchev–Trinajstić information content (AvgIpc) is 2.35. The van der Waals surface area contributed by atoms with Crippen molar-refractivity contribution in [3.63, 3.8) is 0 Å². The summed E-state index contributed by atoms with van der Waals surface area (Å²) >= 11 is 12.0. The lowest BCUT2D eigenvalue weighted by atomic mass is 10.2. The number of rotatable bonds is 3. The van der Waals surface area contributed by atoms with Crippen LogP contribution in [0.2, 0.25) is 10.0 Å². The zero-order valence-corrected chi connectivity index (χ0v) is 11.3. The highest BCUT2D eigenvalue weighted by molar-refractivity contribution is 6.32. The molecular formula is C13H12Cl2N2O. The number of nitrogens with two attached hydrogens (primary N) is 1. The number of benzene rings is 1. The summed E-state index contributed by atoms with van der Waals surface area (Å²) in [6.45, 7) is 2.29. The van der Waals surface area contributed by atoms with E-state index in [0.717, 1.165) is 11.1 Å². The van der Waals surface area contributed by atoms with Crippen LogP contribution in [0.25, 0.3) is 0 Å². The van der Waals surface area contributed by atoms with Crippen LogP contribution < -0.4 is 10.5 Å². The van der Waals surface area contributed by atoms with Crippen molar-refractivity contribution in [1.29, 1.82) is 0 Å². The predicted molar refractivity (Wildman–Crippen MR) is 73.4 cm³/mol. The van der Waals surface area contributed by atoms with E-state index in [2.05, 4.69) is 4.98 Å². The van der Waals surface area contributed by atoms with Crippen LogP contribution in [0, 0.1) is 6.92 Å². The Morgan fingerprint density at radius 2 is 2.00 bits per heavy atom.